The van der Waals surface area contributed by atoms with Gasteiger partial charge in [-0.25, -0.2) is 4.68 Å². The number of hydrogen-bond donors (Lipinski definition) is 1. The van der Waals surface area contributed by atoms with Gasteiger partial charge in [0.2, 0.25) is 0 Å². The fourth-order valence-electron chi connectivity index (χ4n) is 1.44. The lowest BCUT2D eigenvalue weighted by atomic mass is 10.2. The first-order valence-electron chi connectivity index (χ1n) is 4.80. The van der Waals surface area contributed by atoms with Crippen molar-refractivity contribution in [3.63, 3.8) is 0 Å². The highest BCUT2D eigenvalue weighted by Crippen LogP contribution is 2.19. The zero-order valence-corrected chi connectivity index (χ0v) is 9.61. The third-order valence-corrected chi connectivity index (χ3v) is 2.59. The molecule has 0 bridgehead atoms. The molecule has 0 atom stereocenters. The average molecular weight is 238 g/mol. The molecular formula is C11H12ClN3O. The summed E-state index contributed by atoms with van der Waals surface area (Å²) in [7, 11) is 1.64. The second-order valence-electron chi connectivity index (χ2n) is 3.39. The molecule has 0 aliphatic heterocycles. The third-order valence-electron chi connectivity index (χ3n) is 2.30. The van der Waals surface area contributed by atoms with Crippen LogP contribution < -0.4 is 10.5 Å². The summed E-state index contributed by atoms with van der Waals surface area (Å²) in [6.07, 6.45) is 1.54. The molecule has 5 heteroatoms. The molecule has 0 unspecified atom stereocenters. The van der Waals surface area contributed by atoms with Gasteiger partial charge < -0.3 is 10.5 Å². The molecule has 4 nitrogen and oxygen atoms in total. The normalized spacial score (nSPS) is 10.4. The Hall–Kier alpha value is -1.68. The molecule has 0 aliphatic rings. The van der Waals surface area contributed by atoms with E-state index in [2.05, 4.69) is 5.10 Å². The Kier molecular flexibility index (Phi) is 3.01. The van der Waals surface area contributed by atoms with Crippen LogP contribution >= 0.6 is 11.6 Å². The van der Waals surface area contributed by atoms with E-state index in [0.29, 0.717) is 17.4 Å². The van der Waals surface area contributed by atoms with Gasteiger partial charge in [-0.3, -0.25) is 0 Å². The fraction of sp³-hybridized carbons (Fsp3) is 0.182. The van der Waals surface area contributed by atoms with E-state index in [9.17, 15) is 0 Å². The molecule has 0 fully saturated rings. The van der Waals surface area contributed by atoms with E-state index < -0.39 is 0 Å². The van der Waals surface area contributed by atoms with Crippen molar-refractivity contribution < 1.29 is 4.74 Å². The number of halogens is 1. The van der Waals surface area contributed by atoms with Gasteiger partial charge in [0.25, 0.3) is 0 Å². The Morgan fingerprint density at radius 1 is 1.50 bits per heavy atom. The topological polar surface area (TPSA) is 53.1 Å². The number of nitrogens with zero attached hydrogens (tertiary/aromatic N) is 2. The SMILES string of the molecule is COc1cccc(Cn2ncc(Cl)c2N)c1. The van der Waals surface area contributed by atoms with Crippen LogP contribution in [0.5, 0.6) is 5.75 Å². The van der Waals surface area contributed by atoms with Gasteiger partial charge in [0, 0.05) is 0 Å². The number of nitrogens with two attached hydrogens (primary N) is 1. The van der Waals surface area contributed by atoms with Gasteiger partial charge in [0.15, 0.2) is 0 Å². The summed E-state index contributed by atoms with van der Waals surface area (Å²) >= 11 is 5.82. The molecule has 0 saturated carbocycles. The highest BCUT2D eigenvalue weighted by molar-refractivity contribution is 6.32. The van der Waals surface area contributed by atoms with E-state index in [-0.39, 0.29) is 0 Å². The van der Waals surface area contributed by atoms with Crippen molar-refractivity contribution in [2.45, 2.75) is 6.54 Å². The molecule has 0 radical (unpaired) electrons. The molecular weight excluding hydrogens is 226 g/mol. The zero-order chi connectivity index (χ0) is 11.5. The maximum atomic E-state index is 5.82. The molecule has 2 aromatic rings. The van der Waals surface area contributed by atoms with Gasteiger partial charge in [0.1, 0.15) is 16.6 Å². The molecule has 0 aliphatic carbocycles. The number of methoxy groups -OCH3 is 1. The highest BCUT2D eigenvalue weighted by Gasteiger charge is 2.05. The lowest BCUT2D eigenvalue weighted by Crippen LogP contribution is -2.05. The van der Waals surface area contributed by atoms with Crippen molar-refractivity contribution in [3.05, 3.63) is 41.0 Å². The van der Waals surface area contributed by atoms with Gasteiger partial charge in [-0.1, -0.05) is 23.7 Å². The summed E-state index contributed by atoms with van der Waals surface area (Å²) in [5.74, 6) is 1.29. The van der Waals surface area contributed by atoms with Crippen LogP contribution in [0.1, 0.15) is 5.56 Å². The number of rotatable bonds is 3. The van der Waals surface area contributed by atoms with Crippen LogP contribution in [0.3, 0.4) is 0 Å². The quantitative estimate of drug-likeness (QED) is 0.890. The molecule has 84 valence electrons. The molecule has 0 amide bonds. The van der Waals surface area contributed by atoms with Crippen LogP contribution in [0.15, 0.2) is 30.5 Å². The van der Waals surface area contributed by atoms with Crippen molar-refractivity contribution in [1.29, 1.82) is 0 Å². The van der Waals surface area contributed by atoms with E-state index in [1.807, 2.05) is 24.3 Å². The molecule has 2 N–H and O–H groups in total. The number of aromatic nitrogens is 2. The minimum absolute atomic E-state index is 0.475. The van der Waals surface area contributed by atoms with Gasteiger partial charge in [0.05, 0.1) is 19.9 Å². The third kappa shape index (κ3) is 2.12. The van der Waals surface area contributed by atoms with E-state index in [0.717, 1.165) is 11.3 Å². The molecule has 1 heterocycles. The Morgan fingerprint density at radius 2 is 2.31 bits per heavy atom. The number of nitrogen functional groups attached to an aromatic ring is 1. The Balaban J connectivity index is 2.23. The molecule has 0 saturated heterocycles. The largest absolute Gasteiger partial charge is 0.497 e. The minimum atomic E-state index is 0.475. The molecule has 16 heavy (non-hydrogen) atoms. The zero-order valence-electron chi connectivity index (χ0n) is 8.85. The van der Waals surface area contributed by atoms with Crippen LogP contribution in [-0.4, -0.2) is 16.9 Å². The van der Waals surface area contributed by atoms with E-state index in [1.165, 1.54) is 6.20 Å². The van der Waals surface area contributed by atoms with Gasteiger partial charge in [-0.05, 0) is 17.7 Å². The summed E-state index contributed by atoms with van der Waals surface area (Å²) < 4.78 is 6.79. The first-order valence-corrected chi connectivity index (χ1v) is 5.18. The summed E-state index contributed by atoms with van der Waals surface area (Å²) in [5.41, 5.74) is 6.82. The summed E-state index contributed by atoms with van der Waals surface area (Å²) in [5, 5.41) is 4.56. The van der Waals surface area contributed by atoms with Crippen LogP contribution in [-0.2, 0) is 6.54 Å². The molecule has 1 aromatic heterocycles. The van der Waals surface area contributed by atoms with Crippen LogP contribution in [0.25, 0.3) is 0 Å². The standard InChI is InChI=1S/C11H12ClN3O/c1-16-9-4-2-3-8(5-9)7-15-11(13)10(12)6-14-15/h2-6H,7,13H2,1H3. The molecule has 0 spiro atoms. The maximum Gasteiger partial charge on any atom is 0.140 e. The van der Waals surface area contributed by atoms with Crippen molar-refractivity contribution in [3.8, 4) is 5.75 Å². The minimum Gasteiger partial charge on any atom is -0.497 e. The lowest BCUT2D eigenvalue weighted by molar-refractivity contribution is 0.414. The van der Waals surface area contributed by atoms with E-state index in [4.69, 9.17) is 22.1 Å². The van der Waals surface area contributed by atoms with E-state index in [1.54, 1.807) is 11.8 Å². The van der Waals surface area contributed by atoms with Gasteiger partial charge in [-0.2, -0.15) is 5.10 Å². The van der Waals surface area contributed by atoms with Crippen molar-refractivity contribution in [2.75, 3.05) is 12.8 Å². The fourth-order valence-corrected chi connectivity index (χ4v) is 1.58. The van der Waals surface area contributed by atoms with Crippen LogP contribution in [0.4, 0.5) is 5.82 Å². The second kappa shape index (κ2) is 4.45. The van der Waals surface area contributed by atoms with Crippen LogP contribution in [0, 0.1) is 0 Å². The van der Waals surface area contributed by atoms with Crippen molar-refractivity contribution >= 4 is 17.4 Å². The number of ether oxygens (including phenoxy) is 1. The molecule has 2 rings (SSSR count). The van der Waals surface area contributed by atoms with Gasteiger partial charge in [-0.15, -0.1) is 0 Å². The summed E-state index contributed by atoms with van der Waals surface area (Å²) in [6, 6.07) is 7.74. The van der Waals surface area contributed by atoms with E-state index >= 15 is 0 Å². The first-order chi connectivity index (χ1) is 7.70. The summed E-state index contributed by atoms with van der Waals surface area (Å²) in [4.78, 5) is 0. The average Bonchev–Trinajstić information content (AvgIpc) is 2.61. The van der Waals surface area contributed by atoms with Crippen molar-refractivity contribution in [1.82, 2.24) is 9.78 Å². The second-order valence-corrected chi connectivity index (χ2v) is 3.79. The molecule has 1 aromatic carbocycles. The Labute approximate surface area is 98.6 Å². The van der Waals surface area contributed by atoms with Gasteiger partial charge >= 0.3 is 0 Å². The maximum absolute atomic E-state index is 5.82. The first kappa shape index (κ1) is 10.8. The monoisotopic (exact) mass is 237 g/mol. The Bertz CT molecular complexity index is 496. The summed E-state index contributed by atoms with van der Waals surface area (Å²) in [6.45, 7) is 0.579. The van der Waals surface area contributed by atoms with Crippen LogP contribution in [0.2, 0.25) is 5.02 Å². The predicted octanol–water partition coefficient (Wildman–Crippen LogP) is 2.18. The lowest BCUT2D eigenvalue weighted by Gasteiger charge is -2.06. The van der Waals surface area contributed by atoms with Crippen molar-refractivity contribution in [2.24, 2.45) is 0 Å². The number of benzene rings is 1. The predicted molar refractivity (Wildman–Crippen MR) is 63.7 cm³/mol. The Morgan fingerprint density at radius 3 is 2.94 bits per heavy atom. The number of hydrogen-bond acceptors (Lipinski definition) is 3. The highest BCUT2D eigenvalue weighted by atomic mass is 35.5. The smallest absolute Gasteiger partial charge is 0.140 e. The number of anilines is 1.